The molecule has 0 radical (unpaired) electrons. The molecule has 0 aromatic heterocycles. The Labute approximate surface area is 110 Å². The molecule has 0 rings (SSSR count). The van der Waals surface area contributed by atoms with Gasteiger partial charge in [-0.25, -0.2) is 0 Å². The molecule has 0 saturated heterocycles. The van der Waals surface area contributed by atoms with Gasteiger partial charge in [-0.05, 0) is 18.9 Å². The molecule has 0 aliphatic rings. The minimum atomic E-state index is 0.640. The third-order valence-electron chi connectivity index (χ3n) is 3.49. The molecule has 0 bridgehead atoms. The zero-order valence-electron chi connectivity index (χ0n) is 12.7. The van der Waals surface area contributed by atoms with E-state index in [2.05, 4.69) is 33.0 Å². The average Bonchev–Trinajstić information content (AvgIpc) is 2.27. The van der Waals surface area contributed by atoms with Crippen LogP contribution in [0.1, 0.15) is 85.5 Å². The lowest BCUT2D eigenvalue weighted by molar-refractivity contribution is 0.431. The van der Waals surface area contributed by atoms with Crippen LogP contribution in [0.2, 0.25) is 0 Å². The normalized spacial score (nSPS) is 13.2. The van der Waals surface area contributed by atoms with E-state index in [1.807, 2.05) is 0 Å². The molecule has 1 heteroatoms. The molecular weight excluding hydrogens is 206 g/mol. The smallest absolute Gasteiger partial charge is 0.00103 e. The first kappa shape index (κ1) is 17.0. The third-order valence-corrected chi connectivity index (χ3v) is 3.49. The second-order valence-electron chi connectivity index (χ2n) is 5.91. The summed E-state index contributed by atoms with van der Waals surface area (Å²) in [5.41, 5.74) is 0. The Kier molecular flexibility index (Phi) is 12.4. The summed E-state index contributed by atoms with van der Waals surface area (Å²) in [5.74, 6) is 0.900. The van der Waals surface area contributed by atoms with Crippen LogP contribution >= 0.6 is 0 Å². The molecule has 0 aliphatic heterocycles. The first-order chi connectivity index (χ1) is 8.16. The van der Waals surface area contributed by atoms with E-state index in [4.69, 9.17) is 0 Å². The molecule has 0 fully saturated rings. The molecule has 104 valence electrons. The zero-order valence-corrected chi connectivity index (χ0v) is 12.7. The fourth-order valence-corrected chi connectivity index (χ4v) is 2.21. The van der Waals surface area contributed by atoms with E-state index in [-0.39, 0.29) is 0 Å². The van der Waals surface area contributed by atoms with Gasteiger partial charge in [0, 0.05) is 6.04 Å². The Hall–Kier alpha value is -0.0400. The van der Waals surface area contributed by atoms with Crippen LogP contribution in [0.25, 0.3) is 0 Å². The second kappa shape index (κ2) is 12.4. The molecule has 0 aromatic rings. The van der Waals surface area contributed by atoms with E-state index >= 15 is 0 Å². The van der Waals surface area contributed by atoms with Gasteiger partial charge < -0.3 is 5.32 Å². The lowest BCUT2D eigenvalue weighted by Crippen LogP contribution is -2.24. The summed E-state index contributed by atoms with van der Waals surface area (Å²) in [6, 6.07) is 0.640. The van der Waals surface area contributed by atoms with Gasteiger partial charge in [-0.3, -0.25) is 0 Å². The van der Waals surface area contributed by atoms with E-state index < -0.39 is 0 Å². The first-order valence-electron chi connectivity index (χ1n) is 7.90. The van der Waals surface area contributed by atoms with Gasteiger partial charge in [0.25, 0.3) is 0 Å². The summed E-state index contributed by atoms with van der Waals surface area (Å²) < 4.78 is 0. The Bertz CT molecular complexity index is 142. The van der Waals surface area contributed by atoms with Crippen LogP contribution < -0.4 is 5.32 Å². The van der Waals surface area contributed by atoms with Crippen molar-refractivity contribution in [1.82, 2.24) is 5.32 Å². The highest BCUT2D eigenvalue weighted by Crippen LogP contribution is 2.14. The van der Waals surface area contributed by atoms with Gasteiger partial charge >= 0.3 is 0 Å². The summed E-state index contributed by atoms with van der Waals surface area (Å²) in [6.07, 6.45) is 12.8. The Balaban J connectivity index is 3.13. The highest BCUT2D eigenvalue weighted by molar-refractivity contribution is 4.59. The third kappa shape index (κ3) is 13.9. The van der Waals surface area contributed by atoms with E-state index in [0.717, 1.165) is 5.92 Å². The first-order valence-corrected chi connectivity index (χ1v) is 7.90. The van der Waals surface area contributed by atoms with Crippen molar-refractivity contribution in [2.24, 2.45) is 5.92 Å². The van der Waals surface area contributed by atoms with Gasteiger partial charge in [-0.15, -0.1) is 0 Å². The molecule has 0 aliphatic carbocycles. The standard InChI is InChI=1S/C16H35N/c1-5-6-7-8-9-10-11-12-16(4)13-14-17-15(2)3/h15-17H,5-14H2,1-4H3. The number of rotatable bonds is 12. The van der Waals surface area contributed by atoms with Crippen molar-refractivity contribution in [2.45, 2.75) is 91.5 Å². The highest BCUT2D eigenvalue weighted by atomic mass is 14.9. The van der Waals surface area contributed by atoms with Crippen molar-refractivity contribution >= 4 is 0 Å². The quantitative estimate of drug-likeness (QED) is 0.466. The zero-order chi connectivity index (χ0) is 12.9. The molecular formula is C16H35N. The van der Waals surface area contributed by atoms with Crippen LogP contribution in [0, 0.1) is 5.92 Å². The van der Waals surface area contributed by atoms with E-state index in [0.29, 0.717) is 6.04 Å². The van der Waals surface area contributed by atoms with E-state index in [9.17, 15) is 0 Å². The van der Waals surface area contributed by atoms with Crippen molar-refractivity contribution in [1.29, 1.82) is 0 Å². The molecule has 0 aromatic carbocycles. The molecule has 1 nitrogen and oxygen atoms in total. The van der Waals surface area contributed by atoms with Gasteiger partial charge in [0.1, 0.15) is 0 Å². The van der Waals surface area contributed by atoms with E-state index in [1.165, 1.54) is 64.3 Å². The monoisotopic (exact) mass is 241 g/mol. The summed E-state index contributed by atoms with van der Waals surface area (Å²) in [7, 11) is 0. The molecule has 0 amide bonds. The number of nitrogens with one attached hydrogen (secondary N) is 1. The van der Waals surface area contributed by atoms with Crippen molar-refractivity contribution in [3.05, 3.63) is 0 Å². The number of hydrogen-bond donors (Lipinski definition) is 1. The topological polar surface area (TPSA) is 12.0 Å². The second-order valence-corrected chi connectivity index (χ2v) is 5.91. The predicted octanol–water partition coefficient (Wildman–Crippen LogP) is 5.15. The number of hydrogen-bond acceptors (Lipinski definition) is 1. The fourth-order valence-electron chi connectivity index (χ4n) is 2.21. The molecule has 0 spiro atoms. The lowest BCUT2D eigenvalue weighted by atomic mass is 9.99. The highest BCUT2D eigenvalue weighted by Gasteiger charge is 2.02. The lowest BCUT2D eigenvalue weighted by Gasteiger charge is -2.13. The minimum Gasteiger partial charge on any atom is -0.315 e. The molecule has 0 heterocycles. The maximum Gasteiger partial charge on any atom is 0.00103 e. The molecule has 1 N–H and O–H groups in total. The Morgan fingerprint density at radius 3 is 1.94 bits per heavy atom. The van der Waals surface area contributed by atoms with Crippen molar-refractivity contribution in [3.63, 3.8) is 0 Å². The fraction of sp³-hybridized carbons (Fsp3) is 1.00. The van der Waals surface area contributed by atoms with Gasteiger partial charge in [0.15, 0.2) is 0 Å². The van der Waals surface area contributed by atoms with Crippen LogP contribution in [0.15, 0.2) is 0 Å². The summed E-state index contributed by atoms with van der Waals surface area (Å²) >= 11 is 0. The molecule has 1 unspecified atom stereocenters. The molecule has 1 atom stereocenters. The summed E-state index contributed by atoms with van der Waals surface area (Å²) in [5, 5.41) is 3.50. The van der Waals surface area contributed by atoms with Gasteiger partial charge in [0.2, 0.25) is 0 Å². The minimum absolute atomic E-state index is 0.640. The van der Waals surface area contributed by atoms with Crippen LogP contribution in [-0.2, 0) is 0 Å². The van der Waals surface area contributed by atoms with Gasteiger partial charge in [-0.2, -0.15) is 0 Å². The van der Waals surface area contributed by atoms with Crippen molar-refractivity contribution in [2.75, 3.05) is 6.54 Å². The van der Waals surface area contributed by atoms with Gasteiger partial charge in [0.05, 0.1) is 0 Å². The largest absolute Gasteiger partial charge is 0.315 e. The predicted molar refractivity (Wildman–Crippen MR) is 79.5 cm³/mol. The van der Waals surface area contributed by atoms with Crippen molar-refractivity contribution < 1.29 is 0 Å². The average molecular weight is 241 g/mol. The van der Waals surface area contributed by atoms with Crippen LogP contribution in [0.5, 0.6) is 0 Å². The van der Waals surface area contributed by atoms with E-state index in [1.54, 1.807) is 0 Å². The summed E-state index contributed by atoms with van der Waals surface area (Å²) in [4.78, 5) is 0. The molecule has 0 saturated carbocycles. The van der Waals surface area contributed by atoms with Crippen molar-refractivity contribution in [3.8, 4) is 0 Å². The maximum absolute atomic E-state index is 3.50. The van der Waals surface area contributed by atoms with Crippen LogP contribution in [0.4, 0.5) is 0 Å². The molecule has 17 heavy (non-hydrogen) atoms. The van der Waals surface area contributed by atoms with Gasteiger partial charge in [-0.1, -0.05) is 79.1 Å². The Morgan fingerprint density at radius 1 is 0.765 bits per heavy atom. The number of unbranched alkanes of at least 4 members (excludes halogenated alkanes) is 6. The Morgan fingerprint density at radius 2 is 1.35 bits per heavy atom. The summed E-state index contributed by atoms with van der Waals surface area (Å²) in [6.45, 7) is 10.3. The van der Waals surface area contributed by atoms with Crippen LogP contribution in [-0.4, -0.2) is 12.6 Å². The maximum atomic E-state index is 3.50. The SMILES string of the molecule is CCCCCCCCCC(C)CCNC(C)C. The van der Waals surface area contributed by atoms with Crippen LogP contribution in [0.3, 0.4) is 0 Å².